The van der Waals surface area contributed by atoms with E-state index in [1.165, 1.54) is 45.1 Å². The van der Waals surface area contributed by atoms with Gasteiger partial charge in [-0.15, -0.1) is 0 Å². The van der Waals surface area contributed by atoms with Crippen molar-refractivity contribution >= 4 is 5.91 Å². The maximum absolute atomic E-state index is 12.0. The summed E-state index contributed by atoms with van der Waals surface area (Å²) in [7, 11) is 0. The average Bonchev–Trinajstić information content (AvgIpc) is 2.93. The van der Waals surface area contributed by atoms with Gasteiger partial charge in [-0.2, -0.15) is 0 Å². The summed E-state index contributed by atoms with van der Waals surface area (Å²) in [5.41, 5.74) is 0. The molecule has 2 saturated heterocycles. The first-order valence-corrected chi connectivity index (χ1v) is 7.82. The fraction of sp³-hybridized carbons (Fsp3) is 0.933. The second-order valence-electron chi connectivity index (χ2n) is 5.88. The normalized spacial score (nSPS) is 25.6. The molecule has 0 spiro atoms. The molecule has 1 unspecified atom stereocenters. The fourth-order valence-corrected chi connectivity index (χ4v) is 3.35. The number of nitrogens with one attached hydrogen (secondary N) is 1. The molecule has 0 saturated carbocycles. The third kappa shape index (κ3) is 3.71. The predicted octanol–water partition coefficient (Wildman–Crippen LogP) is 2.56. The van der Waals surface area contributed by atoms with Crippen molar-refractivity contribution < 1.29 is 4.79 Å². The number of rotatable bonds is 5. The Morgan fingerprint density at radius 2 is 2.00 bits per heavy atom. The highest BCUT2D eigenvalue weighted by atomic mass is 16.2. The molecule has 0 aromatic heterocycles. The molecule has 18 heavy (non-hydrogen) atoms. The SMILES string of the molecule is CCCCCC(=O)N1CCC(C2CCCN2)CC1. The van der Waals surface area contributed by atoms with E-state index >= 15 is 0 Å². The van der Waals surface area contributed by atoms with E-state index in [1.54, 1.807) is 0 Å². The number of nitrogens with zero attached hydrogens (tertiary/aromatic N) is 1. The Labute approximate surface area is 111 Å². The van der Waals surface area contributed by atoms with E-state index in [0.29, 0.717) is 5.91 Å². The number of unbranched alkanes of at least 4 members (excludes halogenated alkanes) is 2. The van der Waals surface area contributed by atoms with Crippen molar-refractivity contribution in [2.24, 2.45) is 5.92 Å². The molecule has 0 radical (unpaired) electrons. The van der Waals surface area contributed by atoms with E-state index in [1.807, 2.05) is 0 Å². The van der Waals surface area contributed by atoms with Crippen LogP contribution in [0.25, 0.3) is 0 Å². The summed E-state index contributed by atoms with van der Waals surface area (Å²) < 4.78 is 0. The number of likely N-dealkylation sites (tertiary alicyclic amines) is 1. The summed E-state index contributed by atoms with van der Waals surface area (Å²) in [6, 6.07) is 0.738. The first-order valence-electron chi connectivity index (χ1n) is 7.82. The van der Waals surface area contributed by atoms with E-state index in [9.17, 15) is 4.79 Å². The highest BCUT2D eigenvalue weighted by Gasteiger charge is 2.29. The molecular weight excluding hydrogens is 224 g/mol. The Bertz CT molecular complexity index is 253. The third-order valence-corrected chi connectivity index (χ3v) is 4.55. The van der Waals surface area contributed by atoms with Crippen molar-refractivity contribution in [2.45, 2.75) is 64.3 Å². The molecular formula is C15H28N2O. The molecule has 0 bridgehead atoms. The Balaban J connectivity index is 1.67. The Morgan fingerprint density at radius 1 is 1.22 bits per heavy atom. The zero-order chi connectivity index (χ0) is 12.8. The largest absolute Gasteiger partial charge is 0.343 e. The van der Waals surface area contributed by atoms with Gasteiger partial charge in [0.2, 0.25) is 5.91 Å². The minimum absolute atomic E-state index is 0.390. The lowest BCUT2D eigenvalue weighted by atomic mass is 9.88. The number of hydrogen-bond acceptors (Lipinski definition) is 2. The van der Waals surface area contributed by atoms with E-state index in [4.69, 9.17) is 0 Å². The summed E-state index contributed by atoms with van der Waals surface area (Å²) in [6.07, 6.45) is 9.31. The van der Waals surface area contributed by atoms with Crippen LogP contribution in [0.3, 0.4) is 0 Å². The van der Waals surface area contributed by atoms with Crippen LogP contribution < -0.4 is 5.32 Å². The van der Waals surface area contributed by atoms with Crippen molar-refractivity contribution in [2.75, 3.05) is 19.6 Å². The Morgan fingerprint density at radius 3 is 2.61 bits per heavy atom. The quantitative estimate of drug-likeness (QED) is 0.763. The maximum atomic E-state index is 12.0. The number of carbonyl (C=O) groups excluding carboxylic acids is 1. The molecule has 2 aliphatic rings. The van der Waals surface area contributed by atoms with Crippen molar-refractivity contribution in [3.8, 4) is 0 Å². The van der Waals surface area contributed by atoms with Gasteiger partial charge >= 0.3 is 0 Å². The van der Waals surface area contributed by atoms with E-state index in [2.05, 4.69) is 17.1 Å². The standard InChI is InChI=1S/C15H28N2O/c1-2-3-4-7-15(18)17-11-8-13(9-12-17)14-6-5-10-16-14/h13-14,16H,2-12H2,1H3. The minimum atomic E-state index is 0.390. The highest BCUT2D eigenvalue weighted by Crippen LogP contribution is 2.26. The Kier molecular flexibility index (Phi) is 5.48. The molecule has 0 aromatic rings. The molecule has 1 atom stereocenters. The molecule has 2 aliphatic heterocycles. The van der Waals surface area contributed by atoms with Crippen LogP contribution in [0.2, 0.25) is 0 Å². The predicted molar refractivity (Wildman–Crippen MR) is 74.5 cm³/mol. The zero-order valence-electron chi connectivity index (χ0n) is 11.8. The van der Waals surface area contributed by atoms with Crippen molar-refractivity contribution in [1.29, 1.82) is 0 Å². The second-order valence-corrected chi connectivity index (χ2v) is 5.88. The summed E-state index contributed by atoms with van der Waals surface area (Å²) in [4.78, 5) is 14.1. The van der Waals surface area contributed by atoms with Gasteiger partial charge in [0.25, 0.3) is 0 Å². The average molecular weight is 252 g/mol. The van der Waals surface area contributed by atoms with Crippen LogP contribution in [-0.2, 0) is 4.79 Å². The van der Waals surface area contributed by atoms with Crippen molar-refractivity contribution in [3.05, 3.63) is 0 Å². The molecule has 1 N–H and O–H groups in total. The number of piperidine rings is 1. The molecule has 0 aromatic carbocycles. The summed E-state index contributed by atoms with van der Waals surface area (Å²) in [5.74, 6) is 1.20. The van der Waals surface area contributed by atoms with Gasteiger partial charge in [0.05, 0.1) is 0 Å². The van der Waals surface area contributed by atoms with Crippen molar-refractivity contribution in [3.63, 3.8) is 0 Å². The highest BCUT2D eigenvalue weighted by molar-refractivity contribution is 5.76. The van der Waals surface area contributed by atoms with Gasteiger partial charge < -0.3 is 10.2 Å². The first-order chi connectivity index (χ1) is 8.81. The fourth-order valence-electron chi connectivity index (χ4n) is 3.35. The molecule has 3 heteroatoms. The van der Waals surface area contributed by atoms with E-state index < -0.39 is 0 Å². The minimum Gasteiger partial charge on any atom is -0.343 e. The van der Waals surface area contributed by atoms with Gasteiger partial charge in [-0.3, -0.25) is 4.79 Å². The summed E-state index contributed by atoms with van der Waals surface area (Å²) in [5, 5.41) is 3.61. The van der Waals surface area contributed by atoms with Crippen LogP contribution in [-0.4, -0.2) is 36.5 Å². The molecule has 3 nitrogen and oxygen atoms in total. The van der Waals surface area contributed by atoms with Gasteiger partial charge in [-0.25, -0.2) is 0 Å². The van der Waals surface area contributed by atoms with Gasteiger partial charge in [0.15, 0.2) is 0 Å². The molecule has 2 heterocycles. The van der Waals surface area contributed by atoms with E-state index in [-0.39, 0.29) is 0 Å². The van der Waals surface area contributed by atoms with Gasteiger partial charge in [0.1, 0.15) is 0 Å². The number of hydrogen-bond donors (Lipinski definition) is 1. The monoisotopic (exact) mass is 252 g/mol. The molecule has 2 fully saturated rings. The summed E-state index contributed by atoms with van der Waals surface area (Å²) in [6.45, 7) is 5.37. The molecule has 1 amide bonds. The van der Waals surface area contributed by atoms with Crippen LogP contribution in [0.4, 0.5) is 0 Å². The lowest BCUT2D eigenvalue weighted by Gasteiger charge is -2.35. The topological polar surface area (TPSA) is 32.3 Å². The van der Waals surface area contributed by atoms with Gasteiger partial charge in [-0.05, 0) is 44.6 Å². The lowest BCUT2D eigenvalue weighted by Crippen LogP contribution is -2.43. The zero-order valence-corrected chi connectivity index (χ0v) is 11.8. The number of amides is 1. The van der Waals surface area contributed by atoms with Gasteiger partial charge in [0, 0.05) is 25.6 Å². The van der Waals surface area contributed by atoms with Crippen LogP contribution in [0.1, 0.15) is 58.3 Å². The first kappa shape index (κ1) is 13.9. The Hall–Kier alpha value is -0.570. The second kappa shape index (κ2) is 7.13. The van der Waals surface area contributed by atoms with Gasteiger partial charge in [-0.1, -0.05) is 19.8 Å². The number of carbonyl (C=O) groups is 1. The van der Waals surface area contributed by atoms with Crippen molar-refractivity contribution in [1.82, 2.24) is 10.2 Å². The smallest absolute Gasteiger partial charge is 0.222 e. The van der Waals surface area contributed by atoms with Crippen LogP contribution in [0.15, 0.2) is 0 Å². The molecule has 2 rings (SSSR count). The van der Waals surface area contributed by atoms with E-state index in [0.717, 1.165) is 37.9 Å². The van der Waals surface area contributed by atoms with Crippen LogP contribution in [0.5, 0.6) is 0 Å². The molecule has 104 valence electrons. The summed E-state index contributed by atoms with van der Waals surface area (Å²) >= 11 is 0. The van der Waals surface area contributed by atoms with Crippen LogP contribution >= 0.6 is 0 Å². The van der Waals surface area contributed by atoms with Crippen LogP contribution in [0, 0.1) is 5.92 Å². The lowest BCUT2D eigenvalue weighted by molar-refractivity contribution is -0.132. The maximum Gasteiger partial charge on any atom is 0.222 e. The molecule has 0 aliphatic carbocycles. The third-order valence-electron chi connectivity index (χ3n) is 4.55.